The molecule has 10 heteroatoms. The summed E-state index contributed by atoms with van der Waals surface area (Å²) in [7, 11) is 1.63. The normalized spacial score (nSPS) is 12.2. The van der Waals surface area contributed by atoms with Gasteiger partial charge in [-0.1, -0.05) is 29.3 Å². The second-order valence-corrected chi connectivity index (χ2v) is 9.45. The number of hydrogen-bond acceptors (Lipinski definition) is 5. The Kier molecular flexibility index (Phi) is 7.92. The van der Waals surface area contributed by atoms with Crippen LogP contribution < -0.4 is 10.9 Å². The maximum absolute atomic E-state index is 12.9. The Labute approximate surface area is 210 Å². The Bertz CT molecular complexity index is 1250. The SMILES string of the molecule is CCOC(=O)c1nc(Br)n(C(C)C)c1C(Nc1cc(Cl)cn(C)c1=O)c1ccc(Cl)cc1C. The summed E-state index contributed by atoms with van der Waals surface area (Å²) in [5.41, 5.74) is 2.43. The van der Waals surface area contributed by atoms with Crippen LogP contribution in [0.3, 0.4) is 0 Å². The lowest BCUT2D eigenvalue weighted by Gasteiger charge is -2.26. The molecule has 1 atom stereocenters. The number of halogens is 3. The first kappa shape index (κ1) is 25.3. The fourth-order valence-corrected chi connectivity index (χ4v) is 4.98. The molecule has 0 aliphatic heterocycles. The Morgan fingerprint density at radius 1 is 1.24 bits per heavy atom. The van der Waals surface area contributed by atoms with E-state index in [1.54, 1.807) is 26.1 Å². The predicted molar refractivity (Wildman–Crippen MR) is 135 cm³/mol. The molecule has 0 saturated heterocycles. The van der Waals surface area contributed by atoms with Gasteiger partial charge < -0.3 is 19.2 Å². The van der Waals surface area contributed by atoms with Crippen molar-refractivity contribution in [2.75, 3.05) is 11.9 Å². The van der Waals surface area contributed by atoms with Gasteiger partial charge in [-0.05, 0) is 73.0 Å². The maximum Gasteiger partial charge on any atom is 0.358 e. The average Bonchev–Trinajstić information content (AvgIpc) is 3.07. The van der Waals surface area contributed by atoms with Gasteiger partial charge in [-0.2, -0.15) is 0 Å². The van der Waals surface area contributed by atoms with Gasteiger partial charge in [0.1, 0.15) is 5.69 Å². The maximum atomic E-state index is 12.9. The van der Waals surface area contributed by atoms with E-state index in [9.17, 15) is 9.59 Å². The van der Waals surface area contributed by atoms with Crippen molar-refractivity contribution >= 4 is 50.8 Å². The molecule has 33 heavy (non-hydrogen) atoms. The highest BCUT2D eigenvalue weighted by atomic mass is 79.9. The van der Waals surface area contributed by atoms with E-state index >= 15 is 0 Å². The molecule has 0 amide bonds. The number of hydrogen-bond donors (Lipinski definition) is 1. The van der Waals surface area contributed by atoms with Crippen LogP contribution in [0.15, 0.2) is 40.0 Å². The standard InChI is InChI=1S/C23H25BrCl2N4O3/c1-6-33-22(32)19-20(30(12(2)3)23(24)28-19)18(16-8-7-14(25)9-13(16)4)27-17-10-15(26)11-29(5)21(17)31/h7-12,18,27H,6H2,1-5H3. The molecule has 2 heterocycles. The highest BCUT2D eigenvalue weighted by molar-refractivity contribution is 9.10. The van der Waals surface area contributed by atoms with Crippen molar-refractivity contribution in [1.29, 1.82) is 0 Å². The number of imidazole rings is 1. The molecular weight excluding hydrogens is 531 g/mol. The topological polar surface area (TPSA) is 78.2 Å². The first-order chi connectivity index (χ1) is 15.5. The van der Waals surface area contributed by atoms with E-state index in [0.29, 0.717) is 20.5 Å². The van der Waals surface area contributed by atoms with Crippen molar-refractivity contribution in [3.8, 4) is 0 Å². The van der Waals surface area contributed by atoms with Gasteiger partial charge in [-0.3, -0.25) is 4.79 Å². The molecule has 1 aromatic carbocycles. The van der Waals surface area contributed by atoms with E-state index in [0.717, 1.165) is 11.1 Å². The smallest absolute Gasteiger partial charge is 0.358 e. The summed E-state index contributed by atoms with van der Waals surface area (Å²) in [4.78, 5) is 30.3. The van der Waals surface area contributed by atoms with Gasteiger partial charge >= 0.3 is 5.97 Å². The molecule has 176 valence electrons. The van der Waals surface area contributed by atoms with Gasteiger partial charge in [0.05, 0.1) is 23.4 Å². The molecular formula is C23H25BrCl2N4O3. The Morgan fingerprint density at radius 3 is 2.55 bits per heavy atom. The second kappa shape index (κ2) is 10.3. The van der Waals surface area contributed by atoms with Crippen molar-refractivity contribution in [3.05, 3.63) is 78.1 Å². The van der Waals surface area contributed by atoms with Crippen LogP contribution >= 0.6 is 39.1 Å². The lowest BCUT2D eigenvalue weighted by molar-refractivity contribution is 0.0518. The molecule has 2 aromatic heterocycles. The molecule has 0 spiro atoms. The van der Waals surface area contributed by atoms with Gasteiger partial charge in [-0.15, -0.1) is 0 Å². The number of carbonyl (C=O) groups is 1. The minimum atomic E-state index is -0.631. The molecule has 0 bridgehead atoms. The number of ether oxygens (including phenoxy) is 1. The van der Waals surface area contributed by atoms with E-state index in [1.165, 1.54) is 10.8 Å². The zero-order chi connectivity index (χ0) is 24.4. The molecule has 3 aromatic rings. The highest BCUT2D eigenvalue weighted by Crippen LogP contribution is 2.36. The lowest BCUT2D eigenvalue weighted by Crippen LogP contribution is -2.27. The summed E-state index contributed by atoms with van der Waals surface area (Å²) in [6, 6.07) is 6.35. The fraction of sp³-hybridized carbons (Fsp3) is 0.348. The van der Waals surface area contributed by atoms with E-state index in [-0.39, 0.29) is 29.6 Å². The summed E-state index contributed by atoms with van der Waals surface area (Å²) in [6.45, 7) is 7.82. The second-order valence-electron chi connectivity index (χ2n) is 7.87. The van der Waals surface area contributed by atoms with Crippen LogP contribution in [0.5, 0.6) is 0 Å². The minimum Gasteiger partial charge on any atom is -0.461 e. The van der Waals surface area contributed by atoms with E-state index in [2.05, 4.69) is 26.2 Å². The number of carbonyl (C=O) groups excluding carboxylic acids is 1. The van der Waals surface area contributed by atoms with Crippen molar-refractivity contribution in [2.24, 2.45) is 7.05 Å². The molecule has 1 N–H and O–H groups in total. The van der Waals surface area contributed by atoms with Crippen molar-refractivity contribution in [2.45, 2.75) is 39.8 Å². The van der Waals surface area contributed by atoms with E-state index in [4.69, 9.17) is 27.9 Å². The van der Waals surface area contributed by atoms with Crippen LogP contribution in [0.2, 0.25) is 10.0 Å². The molecule has 1 unspecified atom stereocenters. The monoisotopic (exact) mass is 554 g/mol. The largest absolute Gasteiger partial charge is 0.461 e. The first-order valence-corrected chi connectivity index (χ1v) is 11.9. The number of rotatable bonds is 7. The first-order valence-electron chi connectivity index (χ1n) is 10.4. The average molecular weight is 556 g/mol. The van der Waals surface area contributed by atoms with Crippen LogP contribution in [0.25, 0.3) is 0 Å². The quantitative estimate of drug-likeness (QED) is 0.366. The minimum absolute atomic E-state index is 0.0517. The van der Waals surface area contributed by atoms with E-state index < -0.39 is 12.0 Å². The Balaban J connectivity index is 2.33. The van der Waals surface area contributed by atoms with Gasteiger partial charge in [0.2, 0.25) is 0 Å². The number of aromatic nitrogens is 3. The van der Waals surface area contributed by atoms with Crippen LogP contribution in [0, 0.1) is 6.92 Å². The molecule has 3 rings (SSSR count). The number of pyridine rings is 1. The molecule has 0 radical (unpaired) electrons. The molecule has 0 fully saturated rings. The van der Waals surface area contributed by atoms with Crippen LogP contribution in [-0.2, 0) is 11.8 Å². The third kappa shape index (κ3) is 5.28. The molecule has 0 saturated carbocycles. The molecule has 0 aliphatic rings. The number of nitrogens with one attached hydrogen (secondary N) is 1. The zero-order valence-electron chi connectivity index (χ0n) is 18.9. The van der Waals surface area contributed by atoms with Gasteiger partial charge in [0, 0.05) is 24.3 Å². The highest BCUT2D eigenvalue weighted by Gasteiger charge is 2.32. The van der Waals surface area contributed by atoms with Crippen molar-refractivity contribution in [1.82, 2.24) is 14.1 Å². The number of anilines is 1. The Morgan fingerprint density at radius 2 is 1.94 bits per heavy atom. The third-order valence-corrected chi connectivity index (χ3v) is 6.16. The summed E-state index contributed by atoms with van der Waals surface area (Å²) < 4.78 is 9.07. The number of benzene rings is 1. The third-order valence-electron chi connectivity index (χ3n) is 5.16. The number of esters is 1. The van der Waals surface area contributed by atoms with Crippen LogP contribution in [-0.4, -0.2) is 26.7 Å². The summed E-state index contributed by atoms with van der Waals surface area (Å²) in [5.74, 6) is -0.551. The summed E-state index contributed by atoms with van der Waals surface area (Å²) in [5, 5.41) is 4.30. The number of aryl methyl sites for hydroxylation is 2. The van der Waals surface area contributed by atoms with Gasteiger partial charge in [0.25, 0.3) is 5.56 Å². The molecule has 7 nitrogen and oxygen atoms in total. The lowest BCUT2D eigenvalue weighted by atomic mass is 9.96. The van der Waals surface area contributed by atoms with Gasteiger partial charge in [-0.25, -0.2) is 9.78 Å². The summed E-state index contributed by atoms with van der Waals surface area (Å²) >= 11 is 15.9. The van der Waals surface area contributed by atoms with Crippen molar-refractivity contribution in [3.63, 3.8) is 0 Å². The fourth-order valence-electron chi connectivity index (χ4n) is 3.72. The van der Waals surface area contributed by atoms with E-state index in [1.807, 2.05) is 37.5 Å². The van der Waals surface area contributed by atoms with Crippen LogP contribution in [0.1, 0.15) is 60.2 Å². The number of nitrogens with zero attached hydrogens (tertiary/aromatic N) is 3. The van der Waals surface area contributed by atoms with Gasteiger partial charge in [0.15, 0.2) is 10.4 Å². The predicted octanol–water partition coefficient (Wildman–Crippen LogP) is 5.92. The molecule has 0 aliphatic carbocycles. The zero-order valence-corrected chi connectivity index (χ0v) is 22.0. The van der Waals surface area contributed by atoms with Crippen LogP contribution in [0.4, 0.5) is 5.69 Å². The summed E-state index contributed by atoms with van der Waals surface area (Å²) in [6.07, 6.45) is 1.54. The Hall–Kier alpha value is -2.29. The van der Waals surface area contributed by atoms with Crippen molar-refractivity contribution < 1.29 is 9.53 Å².